The summed E-state index contributed by atoms with van der Waals surface area (Å²) in [4.78, 5) is 25.2. The average molecular weight is 338 g/mol. The molecule has 1 fully saturated rings. The first-order valence-electron chi connectivity index (χ1n) is 7.99. The van der Waals surface area contributed by atoms with Crippen LogP contribution in [-0.4, -0.2) is 42.4 Å². The monoisotopic (exact) mass is 337 g/mol. The molecule has 0 spiro atoms. The van der Waals surface area contributed by atoms with E-state index in [2.05, 4.69) is 5.32 Å². The smallest absolute Gasteiger partial charge is 0.239 e. The highest BCUT2D eigenvalue weighted by molar-refractivity contribution is 6.30. The highest BCUT2D eigenvalue weighted by Crippen LogP contribution is 2.18. The summed E-state index contributed by atoms with van der Waals surface area (Å²) in [5.41, 5.74) is 7.08. The molecule has 1 aliphatic rings. The largest absolute Gasteiger partial charge is 0.356 e. The number of hydrogen-bond acceptors (Lipinski definition) is 3. The molecule has 1 aliphatic heterocycles. The highest BCUT2D eigenvalue weighted by atomic mass is 35.5. The summed E-state index contributed by atoms with van der Waals surface area (Å²) in [6.45, 7) is 3.62. The van der Waals surface area contributed by atoms with Gasteiger partial charge in [0.1, 0.15) is 0 Å². The number of carbonyl (C=O) groups excluding carboxylic acids is 2. The van der Waals surface area contributed by atoms with Crippen molar-refractivity contribution in [3.05, 3.63) is 34.9 Å². The Morgan fingerprint density at radius 3 is 2.48 bits per heavy atom. The predicted octanol–water partition coefficient (Wildman–Crippen LogP) is 1.58. The summed E-state index contributed by atoms with van der Waals surface area (Å²) in [6, 6.07) is 6.89. The van der Waals surface area contributed by atoms with Crippen LogP contribution < -0.4 is 11.1 Å². The third kappa shape index (κ3) is 5.52. The Balaban J connectivity index is 1.79. The number of likely N-dealkylation sites (tertiary alicyclic amines) is 1. The van der Waals surface area contributed by atoms with Gasteiger partial charge in [-0.1, -0.05) is 23.7 Å². The lowest BCUT2D eigenvalue weighted by atomic mass is 9.95. The van der Waals surface area contributed by atoms with Crippen molar-refractivity contribution < 1.29 is 9.59 Å². The van der Waals surface area contributed by atoms with Crippen molar-refractivity contribution >= 4 is 23.4 Å². The van der Waals surface area contributed by atoms with Gasteiger partial charge in [-0.15, -0.1) is 0 Å². The lowest BCUT2D eigenvalue weighted by Gasteiger charge is -2.33. The van der Waals surface area contributed by atoms with Crippen LogP contribution in [0.15, 0.2) is 24.3 Å². The minimum Gasteiger partial charge on any atom is -0.356 e. The number of nitrogens with two attached hydrogens (primary N) is 1. The van der Waals surface area contributed by atoms with E-state index in [0.29, 0.717) is 37.0 Å². The maximum atomic E-state index is 12.4. The van der Waals surface area contributed by atoms with Gasteiger partial charge in [-0.05, 0) is 42.9 Å². The first kappa shape index (κ1) is 17.8. The highest BCUT2D eigenvalue weighted by Gasteiger charge is 2.26. The summed E-state index contributed by atoms with van der Waals surface area (Å²) < 4.78 is 0. The molecule has 0 bridgehead atoms. The summed E-state index contributed by atoms with van der Waals surface area (Å²) in [6.07, 6.45) is 2.32. The summed E-state index contributed by atoms with van der Waals surface area (Å²) >= 11 is 5.86. The zero-order valence-corrected chi connectivity index (χ0v) is 14.2. The third-order valence-electron chi connectivity index (χ3n) is 4.25. The molecular formula is C17H24ClN3O2. The molecule has 126 valence electrons. The molecule has 1 heterocycles. The molecule has 23 heavy (non-hydrogen) atoms. The molecule has 3 N–H and O–H groups in total. The number of amides is 2. The fourth-order valence-electron chi connectivity index (χ4n) is 2.84. The Morgan fingerprint density at radius 2 is 1.91 bits per heavy atom. The molecule has 0 aliphatic carbocycles. The standard InChI is InChI=1S/C17H24ClN3O2/c1-12(22)20-11-14-6-8-21(9-7-14)17(23)16(19)10-13-2-4-15(18)5-3-13/h2-5,14,16H,6-11,19H2,1H3,(H,20,22)/t16-/m1/s1. The van der Waals surface area contributed by atoms with Gasteiger partial charge in [0.05, 0.1) is 6.04 Å². The van der Waals surface area contributed by atoms with Crippen molar-refractivity contribution in [2.75, 3.05) is 19.6 Å². The van der Waals surface area contributed by atoms with Crippen molar-refractivity contribution in [3.63, 3.8) is 0 Å². The van der Waals surface area contributed by atoms with E-state index < -0.39 is 6.04 Å². The maximum absolute atomic E-state index is 12.4. The zero-order valence-electron chi connectivity index (χ0n) is 13.4. The van der Waals surface area contributed by atoms with Gasteiger partial charge in [0.2, 0.25) is 11.8 Å². The van der Waals surface area contributed by atoms with Gasteiger partial charge in [-0.3, -0.25) is 9.59 Å². The quantitative estimate of drug-likeness (QED) is 0.856. The van der Waals surface area contributed by atoms with Crippen molar-refractivity contribution in [2.24, 2.45) is 11.7 Å². The van der Waals surface area contributed by atoms with E-state index in [1.807, 2.05) is 29.2 Å². The second kappa shape index (κ2) is 8.31. The van der Waals surface area contributed by atoms with E-state index in [9.17, 15) is 9.59 Å². The molecule has 2 rings (SSSR count). The number of benzene rings is 1. The first-order valence-corrected chi connectivity index (χ1v) is 8.36. The van der Waals surface area contributed by atoms with E-state index in [1.165, 1.54) is 6.92 Å². The minimum atomic E-state index is -0.525. The molecule has 0 unspecified atom stereocenters. The molecule has 1 saturated heterocycles. The van der Waals surface area contributed by atoms with Gasteiger partial charge in [0, 0.05) is 31.6 Å². The first-order chi connectivity index (χ1) is 11.0. The molecule has 5 nitrogen and oxygen atoms in total. The summed E-state index contributed by atoms with van der Waals surface area (Å²) in [7, 11) is 0. The normalized spacial score (nSPS) is 16.9. The van der Waals surface area contributed by atoms with Crippen LogP contribution in [-0.2, 0) is 16.0 Å². The average Bonchev–Trinajstić information content (AvgIpc) is 2.55. The van der Waals surface area contributed by atoms with Crippen LogP contribution in [0.25, 0.3) is 0 Å². The SMILES string of the molecule is CC(=O)NCC1CCN(C(=O)[C@H](N)Cc2ccc(Cl)cc2)CC1. The number of carbonyl (C=O) groups is 2. The second-order valence-electron chi connectivity index (χ2n) is 6.14. The Labute approximate surface area is 142 Å². The van der Waals surface area contributed by atoms with Gasteiger partial charge >= 0.3 is 0 Å². The molecule has 0 radical (unpaired) electrons. The molecule has 1 aromatic carbocycles. The van der Waals surface area contributed by atoms with Crippen molar-refractivity contribution in [3.8, 4) is 0 Å². The van der Waals surface area contributed by atoms with Crippen LogP contribution in [0.4, 0.5) is 0 Å². The fraction of sp³-hybridized carbons (Fsp3) is 0.529. The van der Waals surface area contributed by atoms with Crippen LogP contribution in [0, 0.1) is 5.92 Å². The Bertz CT molecular complexity index is 539. The van der Waals surface area contributed by atoms with Gasteiger partial charge in [-0.25, -0.2) is 0 Å². The van der Waals surface area contributed by atoms with Crippen LogP contribution in [0.1, 0.15) is 25.3 Å². The number of rotatable bonds is 5. The van der Waals surface area contributed by atoms with Gasteiger partial charge in [0.15, 0.2) is 0 Å². The Morgan fingerprint density at radius 1 is 1.30 bits per heavy atom. The zero-order chi connectivity index (χ0) is 16.8. The number of hydrogen-bond donors (Lipinski definition) is 2. The third-order valence-corrected chi connectivity index (χ3v) is 4.50. The molecule has 1 aromatic rings. The molecule has 0 aromatic heterocycles. The molecule has 0 saturated carbocycles. The number of nitrogens with zero attached hydrogens (tertiary/aromatic N) is 1. The minimum absolute atomic E-state index is 0.00192. The lowest BCUT2D eigenvalue weighted by molar-refractivity contribution is -0.134. The molecular weight excluding hydrogens is 314 g/mol. The van der Waals surface area contributed by atoms with Gasteiger partial charge in [0.25, 0.3) is 0 Å². The van der Waals surface area contributed by atoms with Gasteiger partial charge < -0.3 is 16.0 Å². The fourth-order valence-corrected chi connectivity index (χ4v) is 2.97. The van der Waals surface area contributed by atoms with E-state index in [0.717, 1.165) is 18.4 Å². The van der Waals surface area contributed by atoms with Crippen molar-refractivity contribution in [2.45, 2.75) is 32.2 Å². The number of halogens is 1. The molecule has 1 atom stereocenters. The number of nitrogens with one attached hydrogen (secondary N) is 1. The van der Waals surface area contributed by atoms with Gasteiger partial charge in [-0.2, -0.15) is 0 Å². The maximum Gasteiger partial charge on any atom is 0.239 e. The van der Waals surface area contributed by atoms with Crippen LogP contribution in [0.3, 0.4) is 0 Å². The number of piperidine rings is 1. The topological polar surface area (TPSA) is 75.4 Å². The molecule has 6 heteroatoms. The summed E-state index contributed by atoms with van der Waals surface area (Å²) in [5, 5.41) is 3.52. The van der Waals surface area contributed by atoms with Crippen LogP contribution >= 0.6 is 11.6 Å². The molecule has 2 amide bonds. The summed E-state index contributed by atoms with van der Waals surface area (Å²) in [5.74, 6) is 0.432. The van der Waals surface area contributed by atoms with E-state index in [4.69, 9.17) is 17.3 Å². The van der Waals surface area contributed by atoms with Crippen LogP contribution in [0.2, 0.25) is 5.02 Å². The second-order valence-corrected chi connectivity index (χ2v) is 6.58. The predicted molar refractivity (Wildman–Crippen MR) is 91.1 cm³/mol. The lowest BCUT2D eigenvalue weighted by Crippen LogP contribution is -2.48. The van der Waals surface area contributed by atoms with E-state index in [1.54, 1.807) is 0 Å². The van der Waals surface area contributed by atoms with E-state index >= 15 is 0 Å². The Kier molecular flexibility index (Phi) is 6.42. The van der Waals surface area contributed by atoms with E-state index in [-0.39, 0.29) is 11.8 Å². The van der Waals surface area contributed by atoms with Crippen LogP contribution in [0.5, 0.6) is 0 Å². The Hall–Kier alpha value is -1.59. The van der Waals surface area contributed by atoms with Crippen molar-refractivity contribution in [1.82, 2.24) is 10.2 Å². The van der Waals surface area contributed by atoms with Crippen molar-refractivity contribution in [1.29, 1.82) is 0 Å².